The maximum Gasteiger partial charge on any atom is 0.00947 e. The van der Waals surface area contributed by atoms with Crippen molar-refractivity contribution in [1.29, 1.82) is 0 Å². The molecule has 51 valence electrons. The molecule has 0 unspecified atom stereocenters. The van der Waals surface area contributed by atoms with E-state index in [4.69, 9.17) is 0 Å². The van der Waals surface area contributed by atoms with Gasteiger partial charge in [0.2, 0.25) is 0 Å². The summed E-state index contributed by atoms with van der Waals surface area (Å²) in [5.74, 6) is 0.723. The number of benzene rings is 1. The molecule has 1 fully saturated rings. The fourth-order valence-corrected chi connectivity index (χ4v) is 1.17. The molecular weight excluding hydrogens is 122 g/mol. The minimum atomic E-state index is 0.723. The summed E-state index contributed by atoms with van der Waals surface area (Å²) in [7, 11) is 0. The van der Waals surface area contributed by atoms with Crippen molar-refractivity contribution in [3.8, 4) is 0 Å². The van der Waals surface area contributed by atoms with Crippen molar-refractivity contribution in [2.24, 2.45) is 0 Å². The van der Waals surface area contributed by atoms with E-state index in [1.807, 2.05) is 12.1 Å². The van der Waals surface area contributed by atoms with Crippen molar-refractivity contribution < 1.29 is 0 Å². The summed E-state index contributed by atoms with van der Waals surface area (Å²) >= 11 is 0. The lowest BCUT2D eigenvalue weighted by Crippen LogP contribution is -2.39. The molecule has 0 saturated carbocycles. The van der Waals surface area contributed by atoms with Crippen molar-refractivity contribution in [2.75, 3.05) is 13.1 Å². The first-order valence-corrected chi connectivity index (χ1v) is 3.64. The monoisotopic (exact) mass is 132 g/mol. The molecule has 1 N–H and O–H groups in total. The van der Waals surface area contributed by atoms with Crippen LogP contribution in [0, 0.1) is 6.07 Å². The molecule has 1 aliphatic rings. The summed E-state index contributed by atoms with van der Waals surface area (Å²) in [6.07, 6.45) is 0. The van der Waals surface area contributed by atoms with Gasteiger partial charge in [-0.1, -0.05) is 24.3 Å². The Morgan fingerprint density at radius 3 is 2.80 bits per heavy atom. The fraction of sp³-hybridized carbons (Fsp3) is 0.333. The Morgan fingerprint density at radius 1 is 1.40 bits per heavy atom. The fourth-order valence-electron chi connectivity index (χ4n) is 1.17. The normalized spacial score (nSPS) is 18.4. The Hall–Kier alpha value is -0.820. The third kappa shape index (κ3) is 0.929. The van der Waals surface area contributed by atoms with Crippen LogP contribution < -0.4 is 5.32 Å². The zero-order chi connectivity index (χ0) is 6.81. The van der Waals surface area contributed by atoms with E-state index in [1.54, 1.807) is 0 Å². The lowest BCUT2D eigenvalue weighted by Gasteiger charge is -2.26. The number of rotatable bonds is 1. The van der Waals surface area contributed by atoms with E-state index in [-0.39, 0.29) is 0 Å². The van der Waals surface area contributed by atoms with Crippen LogP contribution in [0.15, 0.2) is 24.3 Å². The van der Waals surface area contributed by atoms with Crippen molar-refractivity contribution in [1.82, 2.24) is 5.32 Å². The molecule has 0 aromatic heterocycles. The van der Waals surface area contributed by atoms with Crippen molar-refractivity contribution in [2.45, 2.75) is 5.92 Å². The summed E-state index contributed by atoms with van der Waals surface area (Å²) in [6, 6.07) is 11.4. The molecule has 0 atom stereocenters. The molecule has 1 saturated heterocycles. The Labute approximate surface area is 61.1 Å². The second-order valence-electron chi connectivity index (χ2n) is 2.67. The standard InChI is InChI=1S/C9H10N/c1-2-4-8(5-3-1)9-6-10-7-9/h1-4,9-10H,6-7H2. The number of hydrogen-bond donors (Lipinski definition) is 1. The van der Waals surface area contributed by atoms with E-state index < -0.39 is 0 Å². The molecule has 0 amide bonds. The van der Waals surface area contributed by atoms with E-state index in [2.05, 4.69) is 23.5 Å². The molecule has 1 heterocycles. The van der Waals surface area contributed by atoms with Crippen LogP contribution in [0.1, 0.15) is 11.5 Å². The maximum absolute atomic E-state index is 3.24. The van der Waals surface area contributed by atoms with E-state index in [0.717, 1.165) is 19.0 Å². The van der Waals surface area contributed by atoms with E-state index in [9.17, 15) is 0 Å². The zero-order valence-corrected chi connectivity index (χ0v) is 5.80. The van der Waals surface area contributed by atoms with Gasteiger partial charge in [0.1, 0.15) is 0 Å². The number of nitrogens with one attached hydrogen (secondary N) is 1. The van der Waals surface area contributed by atoms with Crippen LogP contribution in [0.3, 0.4) is 0 Å². The van der Waals surface area contributed by atoms with Crippen LogP contribution in [-0.4, -0.2) is 13.1 Å². The first kappa shape index (κ1) is 5.93. The van der Waals surface area contributed by atoms with Gasteiger partial charge in [0.15, 0.2) is 0 Å². The average Bonchev–Trinajstić information content (AvgIpc) is 1.86. The summed E-state index contributed by atoms with van der Waals surface area (Å²) in [4.78, 5) is 0. The first-order chi connectivity index (χ1) is 4.97. The second kappa shape index (κ2) is 2.43. The minimum Gasteiger partial charge on any atom is -0.315 e. The summed E-state index contributed by atoms with van der Waals surface area (Å²) in [6.45, 7) is 2.25. The number of hydrogen-bond acceptors (Lipinski definition) is 1. The Bertz CT molecular complexity index is 201. The van der Waals surface area contributed by atoms with Crippen LogP contribution in [0.25, 0.3) is 0 Å². The van der Waals surface area contributed by atoms with E-state index in [1.165, 1.54) is 5.56 Å². The van der Waals surface area contributed by atoms with Gasteiger partial charge in [-0.2, -0.15) is 0 Å². The smallest absolute Gasteiger partial charge is 0.00947 e. The molecule has 1 aliphatic heterocycles. The predicted molar refractivity (Wildman–Crippen MR) is 40.9 cm³/mol. The topological polar surface area (TPSA) is 12.0 Å². The SMILES string of the molecule is [c]1ccccc1C1CNC1. The molecule has 1 aromatic carbocycles. The lowest BCUT2D eigenvalue weighted by atomic mass is 9.94. The highest BCUT2D eigenvalue weighted by molar-refractivity contribution is 5.20. The van der Waals surface area contributed by atoms with Crippen LogP contribution in [0.2, 0.25) is 0 Å². The van der Waals surface area contributed by atoms with Gasteiger partial charge in [-0.15, -0.1) is 0 Å². The van der Waals surface area contributed by atoms with Gasteiger partial charge < -0.3 is 5.32 Å². The molecule has 0 spiro atoms. The Balaban J connectivity index is 2.18. The highest BCUT2D eigenvalue weighted by Crippen LogP contribution is 2.17. The van der Waals surface area contributed by atoms with Crippen LogP contribution in [0.4, 0.5) is 0 Å². The quantitative estimate of drug-likeness (QED) is 0.605. The van der Waals surface area contributed by atoms with Crippen molar-refractivity contribution >= 4 is 0 Å². The van der Waals surface area contributed by atoms with Crippen molar-refractivity contribution in [3.05, 3.63) is 35.9 Å². The molecule has 0 bridgehead atoms. The highest BCUT2D eigenvalue weighted by Gasteiger charge is 2.17. The highest BCUT2D eigenvalue weighted by atomic mass is 14.9. The second-order valence-corrected chi connectivity index (χ2v) is 2.67. The van der Waals surface area contributed by atoms with Gasteiger partial charge in [0.05, 0.1) is 0 Å². The third-order valence-corrected chi connectivity index (χ3v) is 1.95. The molecule has 1 radical (unpaired) electrons. The van der Waals surface area contributed by atoms with Gasteiger partial charge in [-0.05, 0) is 11.6 Å². The molecule has 1 heteroatoms. The van der Waals surface area contributed by atoms with Crippen molar-refractivity contribution in [3.63, 3.8) is 0 Å². The third-order valence-electron chi connectivity index (χ3n) is 1.95. The van der Waals surface area contributed by atoms with Crippen LogP contribution in [0.5, 0.6) is 0 Å². The zero-order valence-electron chi connectivity index (χ0n) is 5.80. The van der Waals surface area contributed by atoms with Gasteiger partial charge in [0, 0.05) is 19.0 Å². The lowest BCUT2D eigenvalue weighted by molar-refractivity contribution is 0.448. The first-order valence-electron chi connectivity index (χ1n) is 3.64. The van der Waals surface area contributed by atoms with Gasteiger partial charge in [-0.3, -0.25) is 0 Å². The summed E-state index contributed by atoms with van der Waals surface area (Å²) < 4.78 is 0. The van der Waals surface area contributed by atoms with Gasteiger partial charge >= 0.3 is 0 Å². The molecule has 1 nitrogen and oxygen atoms in total. The molecule has 1 aromatic rings. The summed E-state index contributed by atoms with van der Waals surface area (Å²) in [5.41, 5.74) is 1.35. The van der Waals surface area contributed by atoms with Gasteiger partial charge in [0.25, 0.3) is 0 Å². The Kier molecular flexibility index (Phi) is 1.44. The van der Waals surface area contributed by atoms with Crippen LogP contribution in [-0.2, 0) is 0 Å². The summed E-state index contributed by atoms with van der Waals surface area (Å²) in [5, 5.41) is 3.24. The maximum atomic E-state index is 3.24. The van der Waals surface area contributed by atoms with E-state index >= 15 is 0 Å². The molecular formula is C9H10N. The van der Waals surface area contributed by atoms with Gasteiger partial charge in [-0.25, -0.2) is 0 Å². The minimum absolute atomic E-state index is 0.723. The average molecular weight is 132 g/mol. The predicted octanol–water partition coefficient (Wildman–Crippen LogP) is 1.17. The molecule has 2 rings (SSSR count). The molecule has 10 heavy (non-hydrogen) atoms. The van der Waals surface area contributed by atoms with E-state index in [0.29, 0.717) is 0 Å². The van der Waals surface area contributed by atoms with Crippen LogP contribution >= 0.6 is 0 Å². The molecule has 0 aliphatic carbocycles. The Morgan fingerprint density at radius 2 is 2.30 bits per heavy atom. The largest absolute Gasteiger partial charge is 0.315 e.